The summed E-state index contributed by atoms with van der Waals surface area (Å²) in [5, 5.41) is 5.15. The minimum atomic E-state index is 0.0250. The number of hydrogen-bond acceptors (Lipinski definition) is 6. The highest BCUT2D eigenvalue weighted by molar-refractivity contribution is 8.02. The molecule has 0 radical (unpaired) electrons. The van der Waals surface area contributed by atoms with Crippen molar-refractivity contribution in [2.75, 3.05) is 11.5 Å². The molecule has 2 saturated carbocycles. The third-order valence-electron chi connectivity index (χ3n) is 4.98. The second kappa shape index (κ2) is 8.11. The largest absolute Gasteiger partial charge is 0.175 e. The molecular weight excluding hydrogens is 373 g/mol. The normalized spacial score (nSPS) is 46.1. The topological polar surface area (TPSA) is 0 Å². The van der Waals surface area contributed by atoms with Crippen molar-refractivity contribution in [1.29, 1.82) is 0 Å². The van der Waals surface area contributed by atoms with Crippen LogP contribution >= 0.6 is 74.0 Å². The number of hydrogen-bond donors (Lipinski definition) is 4. The predicted octanol–water partition coefficient (Wildman–Crippen LogP) is 4.96. The van der Waals surface area contributed by atoms with Gasteiger partial charge in [0.25, 0.3) is 0 Å². The second-order valence-corrected chi connectivity index (χ2v) is 10.3. The zero-order valence-corrected chi connectivity index (χ0v) is 17.2. The van der Waals surface area contributed by atoms with Crippen molar-refractivity contribution >= 4 is 74.0 Å². The fraction of sp³-hybridized carbons (Fsp3) is 0.733. The van der Waals surface area contributed by atoms with Crippen LogP contribution in [0.25, 0.3) is 0 Å². The third-order valence-corrected chi connectivity index (χ3v) is 9.75. The molecule has 0 heterocycles. The average Bonchev–Trinajstić information content (AvgIpc) is 2.86. The van der Waals surface area contributed by atoms with E-state index in [1.807, 2.05) is 10.8 Å². The van der Waals surface area contributed by atoms with Gasteiger partial charge in [-0.15, -0.1) is 23.5 Å². The maximum absolute atomic E-state index is 5.03. The van der Waals surface area contributed by atoms with Crippen molar-refractivity contribution in [1.82, 2.24) is 0 Å². The van der Waals surface area contributed by atoms with E-state index in [1.54, 1.807) is 23.5 Å². The molecule has 2 aliphatic rings. The molecule has 0 N–H and O–H groups in total. The molecule has 0 aliphatic heterocycles. The molecule has 0 aromatic heterocycles. The van der Waals surface area contributed by atoms with Gasteiger partial charge < -0.3 is 0 Å². The summed E-state index contributed by atoms with van der Waals surface area (Å²) < 4.78 is 0. The lowest BCUT2D eigenvalue weighted by Gasteiger charge is -2.41. The lowest BCUT2D eigenvalue weighted by Crippen LogP contribution is -2.47. The Morgan fingerprint density at radius 1 is 0.857 bits per heavy atom. The molecule has 120 valence electrons. The maximum atomic E-state index is 5.03. The molecule has 2 aliphatic carbocycles. The summed E-state index contributed by atoms with van der Waals surface area (Å²) in [4.78, 5) is 0. The number of thioether (sulfide) groups is 2. The molecule has 0 amide bonds. The summed E-state index contributed by atoms with van der Waals surface area (Å²) in [6.45, 7) is 7.61. The van der Waals surface area contributed by atoms with Crippen molar-refractivity contribution in [2.24, 2.45) is 17.3 Å². The van der Waals surface area contributed by atoms with Gasteiger partial charge in [0.15, 0.2) is 0 Å². The Hall–Kier alpha value is 1.58. The molecule has 2 rings (SSSR count). The van der Waals surface area contributed by atoms with Gasteiger partial charge in [0.2, 0.25) is 0 Å². The molecule has 0 aromatic carbocycles. The van der Waals surface area contributed by atoms with Crippen molar-refractivity contribution in [3.8, 4) is 0 Å². The van der Waals surface area contributed by atoms with E-state index < -0.39 is 0 Å². The van der Waals surface area contributed by atoms with E-state index in [4.69, 9.17) is 50.5 Å². The summed E-state index contributed by atoms with van der Waals surface area (Å²) in [7, 11) is 0. The zero-order valence-electron chi connectivity index (χ0n) is 12.0. The second-order valence-electron chi connectivity index (χ2n) is 5.91. The summed E-state index contributed by atoms with van der Waals surface area (Å²) in [6.07, 6.45) is 2.21. The summed E-state index contributed by atoms with van der Waals surface area (Å²) in [5.74, 6) is 3.27. The summed E-state index contributed by atoms with van der Waals surface area (Å²) in [6, 6.07) is 0. The van der Waals surface area contributed by atoms with Gasteiger partial charge in [-0.25, -0.2) is 0 Å². The van der Waals surface area contributed by atoms with Gasteiger partial charge >= 0.3 is 0 Å². The van der Waals surface area contributed by atoms with Gasteiger partial charge in [-0.2, -0.15) is 50.5 Å². The van der Waals surface area contributed by atoms with Crippen molar-refractivity contribution in [3.63, 3.8) is 0 Å². The molecule has 2 fully saturated rings. The van der Waals surface area contributed by atoms with E-state index in [1.165, 1.54) is 0 Å². The quantitative estimate of drug-likeness (QED) is 0.469. The Morgan fingerprint density at radius 2 is 1.24 bits per heavy atom. The molecule has 0 nitrogen and oxygen atoms in total. The monoisotopic (exact) mass is 396 g/mol. The number of thiol groups is 4. The van der Waals surface area contributed by atoms with Gasteiger partial charge in [0, 0.05) is 37.9 Å². The van der Waals surface area contributed by atoms with Crippen LogP contribution in [0.3, 0.4) is 0 Å². The summed E-state index contributed by atoms with van der Waals surface area (Å²) in [5.41, 5.74) is 0.0250. The highest BCUT2D eigenvalue weighted by Crippen LogP contribution is 2.62. The molecule has 0 bridgehead atoms. The summed E-state index contributed by atoms with van der Waals surface area (Å²) >= 11 is 23.5. The Kier molecular flexibility index (Phi) is 7.30. The van der Waals surface area contributed by atoms with Crippen LogP contribution in [0.4, 0.5) is 0 Å². The molecule has 1 spiro atoms. The van der Waals surface area contributed by atoms with Crippen LogP contribution in [0.15, 0.2) is 24.0 Å². The molecule has 6 unspecified atom stereocenters. The van der Waals surface area contributed by atoms with Gasteiger partial charge in [-0.3, -0.25) is 0 Å². The van der Waals surface area contributed by atoms with E-state index in [0.29, 0.717) is 32.8 Å². The van der Waals surface area contributed by atoms with Crippen LogP contribution in [0.5, 0.6) is 0 Å². The van der Waals surface area contributed by atoms with Crippen molar-refractivity contribution < 1.29 is 0 Å². The molecule has 6 heteroatoms. The molecule has 0 aromatic rings. The van der Waals surface area contributed by atoms with Gasteiger partial charge in [0.1, 0.15) is 0 Å². The van der Waals surface area contributed by atoms with Crippen LogP contribution < -0.4 is 0 Å². The highest BCUT2D eigenvalue weighted by Gasteiger charge is 2.63. The molecule has 0 saturated heterocycles. The first-order valence-corrected chi connectivity index (χ1v) is 11.3. The Balaban J connectivity index is 2.19. The molecular formula is C15H24S6. The average molecular weight is 397 g/mol. The maximum Gasteiger partial charge on any atom is 0.0174 e. The lowest BCUT2D eigenvalue weighted by atomic mass is 9.81. The van der Waals surface area contributed by atoms with E-state index in [-0.39, 0.29) is 5.41 Å². The Morgan fingerprint density at radius 3 is 1.57 bits per heavy atom. The minimum absolute atomic E-state index is 0.0250. The smallest absolute Gasteiger partial charge is 0.0174 e. The fourth-order valence-electron chi connectivity index (χ4n) is 3.94. The lowest BCUT2D eigenvalue weighted by molar-refractivity contribution is 0.332. The van der Waals surface area contributed by atoms with Crippen LogP contribution in [-0.2, 0) is 0 Å². The van der Waals surface area contributed by atoms with Crippen molar-refractivity contribution in [3.05, 3.63) is 24.0 Å². The first kappa shape index (κ1) is 18.9. The van der Waals surface area contributed by atoms with Crippen LogP contribution in [0, 0.1) is 17.3 Å². The fourth-order valence-corrected chi connectivity index (χ4v) is 9.40. The molecule has 21 heavy (non-hydrogen) atoms. The zero-order chi connectivity index (χ0) is 15.6. The Bertz CT molecular complexity index is 348. The highest BCUT2D eigenvalue weighted by atomic mass is 32.2. The molecule has 6 atom stereocenters. The van der Waals surface area contributed by atoms with E-state index in [2.05, 4.69) is 13.2 Å². The van der Waals surface area contributed by atoms with Crippen LogP contribution in [0.2, 0.25) is 0 Å². The van der Waals surface area contributed by atoms with Crippen molar-refractivity contribution in [2.45, 2.75) is 33.8 Å². The van der Waals surface area contributed by atoms with Crippen LogP contribution in [0.1, 0.15) is 12.8 Å². The predicted molar refractivity (Wildman–Crippen MR) is 115 cm³/mol. The number of rotatable bonds is 6. The van der Waals surface area contributed by atoms with E-state index in [9.17, 15) is 0 Å². The third kappa shape index (κ3) is 3.37. The van der Waals surface area contributed by atoms with Gasteiger partial charge in [-0.05, 0) is 35.5 Å². The Labute approximate surface area is 159 Å². The van der Waals surface area contributed by atoms with E-state index >= 15 is 0 Å². The first-order chi connectivity index (χ1) is 9.99. The minimum Gasteiger partial charge on any atom is -0.175 e. The SMILES string of the molecule is C=CSCC1CC(S)C2(C(S)CC(CSC=C)C2S)C1S. The van der Waals surface area contributed by atoms with Gasteiger partial charge in [-0.1, -0.05) is 13.2 Å². The van der Waals surface area contributed by atoms with E-state index in [0.717, 1.165) is 24.3 Å². The standard InChI is InChI=1S/C15H24S6/c1-3-20-7-9-5-11(16)15(13(9)18)12(17)6-10(14(15)19)8-21-4-2/h3-4,9-14,16-19H,1-2,5-8H2. The van der Waals surface area contributed by atoms with Gasteiger partial charge in [0.05, 0.1) is 0 Å². The first-order valence-electron chi connectivity index (χ1n) is 7.17. The van der Waals surface area contributed by atoms with Crippen LogP contribution in [-0.4, -0.2) is 32.5 Å².